The van der Waals surface area contributed by atoms with Crippen LogP contribution in [0.15, 0.2) is 84.9 Å². The van der Waals surface area contributed by atoms with Crippen LogP contribution in [0.1, 0.15) is 59.3 Å². The maximum absolute atomic E-state index is 14.6. The quantitative estimate of drug-likeness (QED) is 0.112. The van der Waals surface area contributed by atoms with Gasteiger partial charge >= 0.3 is 0 Å². The number of ether oxygens (including phenoxy) is 8. The van der Waals surface area contributed by atoms with E-state index in [0.717, 1.165) is 16.7 Å². The second-order valence-electron chi connectivity index (χ2n) is 14.8. The Labute approximate surface area is 357 Å². The molecule has 312 valence electrons. The van der Waals surface area contributed by atoms with Crippen molar-refractivity contribution >= 4 is 48.2 Å². The van der Waals surface area contributed by atoms with Gasteiger partial charge in [-0.3, -0.25) is 4.79 Å². The van der Waals surface area contributed by atoms with Gasteiger partial charge in [0, 0.05) is 39.6 Å². The number of aliphatic hydroxyl groups excluding tert-OH is 1. The highest BCUT2D eigenvalue weighted by atomic mass is 33.1. The standard InChI is InChI=1S/C48H48O10S2/c1-26-38(48(50)60-59-7)43-34(24-55-26)46(57-22-28-14-10-8-11-15-28)39-32(18-30(51-3)20-36(39)53-5)41(43)42-33-19-31(52-4)21-37(54-6)40(33)47(58-23-29-16-12-9-13-17-29)35-25-56-27(2)45(49)44(35)42/h8-21,26-27,38,45,49H,22-25H2,1-7H3/t26-,27-,38-,45-/m0/s1. The number of benzene rings is 6. The molecule has 10 nitrogen and oxygen atoms in total. The summed E-state index contributed by atoms with van der Waals surface area (Å²) in [7, 11) is 9.00. The lowest BCUT2D eigenvalue weighted by atomic mass is 9.75. The third-order valence-electron chi connectivity index (χ3n) is 11.4. The maximum atomic E-state index is 14.6. The monoisotopic (exact) mass is 848 g/mol. The van der Waals surface area contributed by atoms with Crippen molar-refractivity contribution in [2.75, 3.05) is 34.7 Å². The molecule has 0 saturated heterocycles. The number of aliphatic hydroxyl groups is 1. The summed E-state index contributed by atoms with van der Waals surface area (Å²) >= 11 is 0. The van der Waals surface area contributed by atoms with Gasteiger partial charge in [-0.25, -0.2) is 0 Å². The highest BCUT2D eigenvalue weighted by molar-refractivity contribution is 8.82. The van der Waals surface area contributed by atoms with E-state index in [-0.39, 0.29) is 31.5 Å². The Kier molecular flexibility index (Phi) is 12.4. The van der Waals surface area contributed by atoms with Crippen molar-refractivity contribution in [3.8, 4) is 45.6 Å². The maximum Gasteiger partial charge on any atom is 0.209 e. The van der Waals surface area contributed by atoms with E-state index in [1.807, 2.05) is 105 Å². The van der Waals surface area contributed by atoms with Gasteiger partial charge in [0.25, 0.3) is 0 Å². The first-order chi connectivity index (χ1) is 29.2. The van der Waals surface area contributed by atoms with Crippen LogP contribution in [0.2, 0.25) is 0 Å². The Morgan fingerprint density at radius 1 is 0.667 bits per heavy atom. The number of carbonyl (C=O) groups is 1. The Morgan fingerprint density at radius 3 is 1.60 bits per heavy atom. The molecule has 0 aromatic heterocycles. The summed E-state index contributed by atoms with van der Waals surface area (Å²) in [5.74, 6) is 2.39. The van der Waals surface area contributed by atoms with Gasteiger partial charge in [0.1, 0.15) is 53.8 Å². The summed E-state index contributed by atoms with van der Waals surface area (Å²) in [6.45, 7) is 4.58. The molecule has 2 heterocycles. The molecule has 0 bridgehead atoms. The molecule has 8 rings (SSSR count). The fourth-order valence-corrected chi connectivity index (χ4v) is 9.92. The average molecular weight is 849 g/mol. The van der Waals surface area contributed by atoms with Crippen LogP contribution in [0.5, 0.6) is 34.5 Å². The molecule has 0 aliphatic carbocycles. The van der Waals surface area contributed by atoms with Crippen LogP contribution >= 0.6 is 21.6 Å². The van der Waals surface area contributed by atoms with Gasteiger partial charge in [0.2, 0.25) is 5.12 Å². The van der Waals surface area contributed by atoms with Crippen molar-refractivity contribution < 1.29 is 47.8 Å². The Morgan fingerprint density at radius 2 is 1.13 bits per heavy atom. The van der Waals surface area contributed by atoms with E-state index in [1.165, 1.54) is 21.6 Å². The van der Waals surface area contributed by atoms with Crippen LogP contribution in [-0.2, 0) is 40.7 Å². The number of hydrogen-bond donors (Lipinski definition) is 1. The van der Waals surface area contributed by atoms with Crippen LogP contribution < -0.4 is 28.4 Å². The molecule has 0 saturated carbocycles. The van der Waals surface area contributed by atoms with Gasteiger partial charge in [0.05, 0.1) is 70.6 Å². The summed E-state index contributed by atoms with van der Waals surface area (Å²) in [4.78, 5) is 14.6. The third kappa shape index (κ3) is 7.49. The van der Waals surface area contributed by atoms with Crippen molar-refractivity contribution in [1.29, 1.82) is 0 Å². The summed E-state index contributed by atoms with van der Waals surface area (Å²) in [6.07, 6.45) is -0.322. The predicted molar refractivity (Wildman–Crippen MR) is 237 cm³/mol. The molecular formula is C48H48O10S2. The van der Waals surface area contributed by atoms with Crippen LogP contribution in [-0.4, -0.2) is 57.1 Å². The van der Waals surface area contributed by atoms with Crippen molar-refractivity contribution in [3.63, 3.8) is 0 Å². The average Bonchev–Trinajstić information content (AvgIpc) is 3.28. The van der Waals surface area contributed by atoms with Gasteiger partial charge in [-0.1, -0.05) is 71.5 Å². The second-order valence-corrected chi connectivity index (χ2v) is 17.2. The van der Waals surface area contributed by atoms with Crippen molar-refractivity contribution in [2.45, 2.75) is 64.5 Å². The van der Waals surface area contributed by atoms with E-state index in [1.54, 1.807) is 28.4 Å². The fourth-order valence-electron chi connectivity index (χ4n) is 8.54. The number of carbonyl (C=O) groups excluding carboxylic acids is 1. The lowest BCUT2D eigenvalue weighted by Crippen LogP contribution is -2.32. The topological polar surface area (TPSA) is 111 Å². The molecule has 1 N–H and O–H groups in total. The first kappa shape index (κ1) is 41.6. The number of methoxy groups -OCH3 is 4. The number of hydrogen-bond acceptors (Lipinski definition) is 12. The van der Waals surface area contributed by atoms with Gasteiger partial charge in [-0.2, -0.15) is 0 Å². The first-order valence-electron chi connectivity index (χ1n) is 19.7. The van der Waals surface area contributed by atoms with Gasteiger partial charge < -0.3 is 43.0 Å². The van der Waals surface area contributed by atoms with Crippen molar-refractivity contribution in [3.05, 3.63) is 118 Å². The minimum atomic E-state index is -1.11. The molecule has 12 heteroatoms. The normalized spacial score (nSPS) is 18.4. The van der Waals surface area contributed by atoms with E-state index in [2.05, 4.69) is 0 Å². The fraction of sp³-hybridized carbons (Fsp3) is 0.312. The highest BCUT2D eigenvalue weighted by Crippen LogP contribution is 2.58. The Hall–Kier alpha value is -5.11. The largest absolute Gasteiger partial charge is 0.497 e. The molecule has 2 aliphatic heterocycles. The minimum absolute atomic E-state index is 0.0752. The van der Waals surface area contributed by atoms with Crippen LogP contribution in [0.25, 0.3) is 32.7 Å². The summed E-state index contributed by atoms with van der Waals surface area (Å²) in [6, 6.07) is 27.4. The van der Waals surface area contributed by atoms with Crippen molar-refractivity contribution in [2.24, 2.45) is 0 Å². The zero-order valence-corrected chi connectivity index (χ0v) is 36.3. The predicted octanol–water partition coefficient (Wildman–Crippen LogP) is 10.3. The van der Waals surface area contributed by atoms with Crippen molar-refractivity contribution in [1.82, 2.24) is 0 Å². The van der Waals surface area contributed by atoms with Crippen LogP contribution in [0.4, 0.5) is 0 Å². The third-order valence-corrected chi connectivity index (χ3v) is 13.0. The van der Waals surface area contributed by atoms with Crippen LogP contribution in [0, 0.1) is 0 Å². The molecular weight excluding hydrogens is 801 g/mol. The molecule has 0 unspecified atom stereocenters. The lowest BCUT2D eigenvalue weighted by molar-refractivity contribution is -0.116. The first-order valence-corrected chi connectivity index (χ1v) is 22.3. The molecule has 2 aliphatic rings. The van der Waals surface area contributed by atoms with E-state index in [0.29, 0.717) is 83.9 Å². The molecule has 0 radical (unpaired) electrons. The minimum Gasteiger partial charge on any atom is -0.497 e. The van der Waals surface area contributed by atoms with E-state index < -0.39 is 24.2 Å². The molecule has 6 aromatic carbocycles. The molecule has 4 atom stereocenters. The van der Waals surface area contributed by atoms with E-state index in [4.69, 9.17) is 37.9 Å². The number of rotatable bonds is 13. The molecule has 0 amide bonds. The van der Waals surface area contributed by atoms with Gasteiger partial charge in [-0.05, 0) is 70.8 Å². The molecule has 0 fully saturated rings. The van der Waals surface area contributed by atoms with Gasteiger partial charge in [0.15, 0.2) is 0 Å². The molecule has 0 spiro atoms. The Balaban J connectivity index is 1.58. The molecule has 6 aromatic rings. The summed E-state index contributed by atoms with van der Waals surface area (Å²) in [5, 5.41) is 15.2. The summed E-state index contributed by atoms with van der Waals surface area (Å²) < 4.78 is 50.8. The zero-order valence-electron chi connectivity index (χ0n) is 34.7. The zero-order chi connectivity index (χ0) is 42.1. The van der Waals surface area contributed by atoms with Crippen LogP contribution in [0.3, 0.4) is 0 Å². The highest BCUT2D eigenvalue weighted by Gasteiger charge is 2.43. The molecule has 60 heavy (non-hydrogen) atoms. The second kappa shape index (κ2) is 17.9. The summed E-state index contributed by atoms with van der Waals surface area (Å²) in [5.41, 5.74) is 6.06. The Bertz CT molecular complexity index is 2550. The SMILES string of the molecule is COc1cc(OC)c2c(OCc3ccccc3)c3c(c(-c4c5c(c(OCc6ccccc6)c6c(OC)cc(OC)cc46)CO[C@@H](C)[C@@H]5C(=O)SSC)c2c1)[C@@H](O)[C@H](C)OC3. The lowest BCUT2D eigenvalue weighted by Gasteiger charge is -2.37. The smallest absolute Gasteiger partial charge is 0.209 e. The van der Waals surface area contributed by atoms with E-state index >= 15 is 0 Å². The number of fused-ring (bicyclic) bond motifs is 4. The van der Waals surface area contributed by atoms with E-state index in [9.17, 15) is 9.90 Å². The van der Waals surface area contributed by atoms with Gasteiger partial charge in [-0.15, -0.1) is 0 Å².